The zero-order valence-corrected chi connectivity index (χ0v) is 13.9. The van der Waals surface area contributed by atoms with Crippen molar-refractivity contribution in [2.75, 3.05) is 31.1 Å². The summed E-state index contributed by atoms with van der Waals surface area (Å²) in [4.78, 5) is 16.3. The molecule has 0 radical (unpaired) electrons. The second-order valence-electron chi connectivity index (χ2n) is 6.61. The lowest BCUT2D eigenvalue weighted by Crippen LogP contribution is -2.56. The fraction of sp³-hybridized carbons (Fsp3) is 0.611. The number of carbonyl (C=O) groups excluding carboxylic acids is 1. The molecule has 1 aromatic carbocycles. The van der Waals surface area contributed by atoms with E-state index in [1.807, 2.05) is 6.92 Å². The lowest BCUT2D eigenvalue weighted by atomic mass is 10.1. The Morgan fingerprint density at radius 2 is 1.87 bits per heavy atom. The highest BCUT2D eigenvalue weighted by atomic mass is 16.5. The maximum atomic E-state index is 11.7. The van der Waals surface area contributed by atoms with Gasteiger partial charge in [0.1, 0.15) is 6.04 Å². The third-order valence-electron chi connectivity index (χ3n) is 4.93. The quantitative estimate of drug-likeness (QED) is 0.919. The van der Waals surface area contributed by atoms with Crippen molar-refractivity contribution in [2.45, 2.75) is 44.9 Å². The smallest absolute Gasteiger partial charge is 0.237 e. The van der Waals surface area contributed by atoms with Crippen LogP contribution in [0.2, 0.25) is 0 Å². The van der Waals surface area contributed by atoms with Crippen molar-refractivity contribution in [3.63, 3.8) is 0 Å². The van der Waals surface area contributed by atoms with Crippen molar-refractivity contribution in [1.29, 1.82) is 0 Å². The molecule has 1 amide bonds. The van der Waals surface area contributed by atoms with Crippen LogP contribution in [0.25, 0.3) is 0 Å². The molecular formula is C18H27N3O2. The molecule has 23 heavy (non-hydrogen) atoms. The van der Waals surface area contributed by atoms with Gasteiger partial charge in [-0.05, 0) is 43.9 Å². The average molecular weight is 317 g/mol. The lowest BCUT2D eigenvalue weighted by molar-refractivity contribution is -0.136. The van der Waals surface area contributed by atoms with Gasteiger partial charge in [0.05, 0.1) is 12.7 Å². The standard InChI is InChI=1S/C18H27N3O2/c1-14-17(18(19)22)21(11-12-23-14)13-15-5-7-16(8-6-15)20-9-3-2-4-10-20/h5-8,14,17H,2-4,9-13H2,1H3,(H2,19,22)/t14-,17+/m1/s1. The number of nitrogens with zero attached hydrogens (tertiary/aromatic N) is 2. The van der Waals surface area contributed by atoms with Gasteiger partial charge in [0.15, 0.2) is 0 Å². The Bertz CT molecular complexity index is 526. The van der Waals surface area contributed by atoms with E-state index in [0.29, 0.717) is 6.61 Å². The summed E-state index contributed by atoms with van der Waals surface area (Å²) in [5.74, 6) is -0.304. The number of hydrogen-bond acceptors (Lipinski definition) is 4. The van der Waals surface area contributed by atoms with Crippen LogP contribution in [-0.4, -0.2) is 49.2 Å². The number of amides is 1. The molecule has 2 aliphatic heterocycles. The Balaban J connectivity index is 1.66. The fourth-order valence-electron chi connectivity index (χ4n) is 3.67. The summed E-state index contributed by atoms with van der Waals surface area (Å²) < 4.78 is 5.57. The first-order valence-corrected chi connectivity index (χ1v) is 8.64. The van der Waals surface area contributed by atoms with Crippen LogP contribution >= 0.6 is 0 Å². The summed E-state index contributed by atoms with van der Waals surface area (Å²) in [7, 11) is 0. The molecule has 5 nitrogen and oxygen atoms in total. The summed E-state index contributed by atoms with van der Waals surface area (Å²) in [5, 5.41) is 0. The van der Waals surface area contributed by atoms with Gasteiger partial charge in [-0.15, -0.1) is 0 Å². The normalized spacial score (nSPS) is 26.2. The second kappa shape index (κ2) is 7.32. The van der Waals surface area contributed by atoms with Crippen LogP contribution < -0.4 is 10.6 Å². The van der Waals surface area contributed by atoms with Crippen molar-refractivity contribution in [3.05, 3.63) is 29.8 Å². The summed E-state index contributed by atoms with van der Waals surface area (Å²) in [6.07, 6.45) is 3.77. The van der Waals surface area contributed by atoms with Gasteiger partial charge < -0.3 is 15.4 Å². The number of benzene rings is 1. The molecule has 2 atom stereocenters. The first-order valence-electron chi connectivity index (χ1n) is 8.64. The van der Waals surface area contributed by atoms with E-state index in [9.17, 15) is 4.79 Å². The van der Waals surface area contributed by atoms with Gasteiger partial charge >= 0.3 is 0 Å². The van der Waals surface area contributed by atoms with Crippen LogP contribution in [0.4, 0.5) is 5.69 Å². The van der Waals surface area contributed by atoms with E-state index in [1.165, 1.54) is 30.5 Å². The molecule has 0 spiro atoms. The Morgan fingerprint density at radius 1 is 1.17 bits per heavy atom. The van der Waals surface area contributed by atoms with Gasteiger partial charge in [-0.2, -0.15) is 0 Å². The summed E-state index contributed by atoms with van der Waals surface area (Å²) in [6.45, 7) is 6.36. The van der Waals surface area contributed by atoms with E-state index in [-0.39, 0.29) is 18.1 Å². The van der Waals surface area contributed by atoms with Gasteiger partial charge in [0, 0.05) is 31.9 Å². The number of ether oxygens (including phenoxy) is 1. The Hall–Kier alpha value is -1.59. The Morgan fingerprint density at radius 3 is 2.52 bits per heavy atom. The molecule has 2 heterocycles. The minimum Gasteiger partial charge on any atom is -0.375 e. The molecule has 2 saturated heterocycles. The number of hydrogen-bond donors (Lipinski definition) is 1. The van der Waals surface area contributed by atoms with Crippen molar-refractivity contribution in [1.82, 2.24) is 4.90 Å². The van der Waals surface area contributed by atoms with E-state index in [0.717, 1.165) is 26.2 Å². The van der Waals surface area contributed by atoms with Crippen molar-refractivity contribution < 1.29 is 9.53 Å². The van der Waals surface area contributed by atoms with Gasteiger partial charge in [-0.25, -0.2) is 0 Å². The molecule has 0 aliphatic carbocycles. The lowest BCUT2D eigenvalue weighted by Gasteiger charge is -2.38. The number of rotatable bonds is 4. The maximum absolute atomic E-state index is 11.7. The van der Waals surface area contributed by atoms with Gasteiger partial charge in [-0.1, -0.05) is 12.1 Å². The molecule has 0 bridgehead atoms. The predicted molar refractivity (Wildman–Crippen MR) is 91.3 cm³/mol. The first kappa shape index (κ1) is 16.3. The van der Waals surface area contributed by atoms with Gasteiger partial charge in [0.2, 0.25) is 5.91 Å². The topological polar surface area (TPSA) is 58.8 Å². The van der Waals surface area contributed by atoms with E-state index in [4.69, 9.17) is 10.5 Å². The van der Waals surface area contributed by atoms with Crippen LogP contribution in [-0.2, 0) is 16.1 Å². The first-order chi connectivity index (χ1) is 11.1. The Kier molecular flexibility index (Phi) is 5.18. The molecule has 0 saturated carbocycles. The molecule has 126 valence electrons. The number of piperidine rings is 1. The molecule has 2 fully saturated rings. The van der Waals surface area contributed by atoms with Crippen molar-refractivity contribution in [2.24, 2.45) is 5.73 Å². The van der Waals surface area contributed by atoms with Crippen LogP contribution in [0.15, 0.2) is 24.3 Å². The number of primary amides is 1. The van der Waals surface area contributed by atoms with E-state index in [2.05, 4.69) is 34.1 Å². The number of morpholine rings is 1. The molecule has 3 rings (SSSR count). The number of nitrogens with two attached hydrogens (primary N) is 1. The fourth-order valence-corrected chi connectivity index (χ4v) is 3.67. The highest BCUT2D eigenvalue weighted by Crippen LogP contribution is 2.22. The summed E-state index contributed by atoms with van der Waals surface area (Å²) >= 11 is 0. The van der Waals surface area contributed by atoms with E-state index < -0.39 is 0 Å². The predicted octanol–water partition coefficient (Wildman–Crippen LogP) is 1.75. The van der Waals surface area contributed by atoms with Gasteiger partial charge in [0.25, 0.3) is 0 Å². The molecule has 2 N–H and O–H groups in total. The highest BCUT2D eigenvalue weighted by Gasteiger charge is 2.33. The van der Waals surface area contributed by atoms with Crippen LogP contribution in [0.3, 0.4) is 0 Å². The molecule has 0 unspecified atom stereocenters. The largest absolute Gasteiger partial charge is 0.375 e. The molecule has 2 aliphatic rings. The van der Waals surface area contributed by atoms with Crippen LogP contribution in [0, 0.1) is 0 Å². The van der Waals surface area contributed by atoms with Crippen molar-refractivity contribution in [3.8, 4) is 0 Å². The minimum absolute atomic E-state index is 0.145. The minimum atomic E-state index is -0.342. The van der Waals surface area contributed by atoms with E-state index in [1.54, 1.807) is 0 Å². The zero-order valence-electron chi connectivity index (χ0n) is 13.9. The molecular weight excluding hydrogens is 290 g/mol. The maximum Gasteiger partial charge on any atom is 0.237 e. The van der Waals surface area contributed by atoms with Crippen LogP contribution in [0.1, 0.15) is 31.7 Å². The number of carbonyl (C=O) groups is 1. The molecule has 0 aromatic heterocycles. The average Bonchev–Trinajstić information content (AvgIpc) is 2.56. The van der Waals surface area contributed by atoms with Crippen molar-refractivity contribution >= 4 is 11.6 Å². The monoisotopic (exact) mass is 317 g/mol. The van der Waals surface area contributed by atoms with Crippen LogP contribution in [0.5, 0.6) is 0 Å². The zero-order chi connectivity index (χ0) is 16.2. The summed E-state index contributed by atoms with van der Waals surface area (Å²) in [5.41, 5.74) is 8.07. The third kappa shape index (κ3) is 3.85. The highest BCUT2D eigenvalue weighted by molar-refractivity contribution is 5.80. The third-order valence-corrected chi connectivity index (χ3v) is 4.93. The molecule has 5 heteroatoms. The summed E-state index contributed by atoms with van der Waals surface area (Å²) in [6, 6.07) is 8.39. The Labute approximate surface area is 138 Å². The molecule has 1 aromatic rings. The van der Waals surface area contributed by atoms with Gasteiger partial charge in [-0.3, -0.25) is 9.69 Å². The van der Waals surface area contributed by atoms with E-state index >= 15 is 0 Å². The second-order valence-corrected chi connectivity index (χ2v) is 6.61. The number of anilines is 1. The SMILES string of the molecule is C[C@H]1OCCN(Cc2ccc(N3CCCCC3)cc2)[C@@H]1C(N)=O.